The molecule has 0 aliphatic carbocycles. The SMILES string of the molecule is CC(C)N1c2cc(O)ccc2NCC1C. The maximum Gasteiger partial charge on any atom is 0.117 e. The van der Waals surface area contributed by atoms with Gasteiger partial charge >= 0.3 is 0 Å². The van der Waals surface area contributed by atoms with Crippen molar-refractivity contribution in [2.45, 2.75) is 32.9 Å². The highest BCUT2D eigenvalue weighted by molar-refractivity contribution is 5.74. The topological polar surface area (TPSA) is 35.5 Å². The van der Waals surface area contributed by atoms with Crippen molar-refractivity contribution in [3.05, 3.63) is 18.2 Å². The van der Waals surface area contributed by atoms with Crippen molar-refractivity contribution in [2.75, 3.05) is 16.8 Å². The molecule has 1 aliphatic rings. The van der Waals surface area contributed by atoms with Crippen LogP contribution >= 0.6 is 0 Å². The molecule has 1 unspecified atom stereocenters. The minimum Gasteiger partial charge on any atom is -0.508 e. The second kappa shape index (κ2) is 3.65. The van der Waals surface area contributed by atoms with Crippen LogP contribution in [0.25, 0.3) is 0 Å². The molecule has 0 radical (unpaired) electrons. The minimum atomic E-state index is 0.329. The van der Waals surface area contributed by atoms with Crippen LogP contribution in [0.3, 0.4) is 0 Å². The van der Waals surface area contributed by atoms with Crippen molar-refractivity contribution in [1.82, 2.24) is 0 Å². The Morgan fingerprint density at radius 1 is 1.47 bits per heavy atom. The van der Waals surface area contributed by atoms with Crippen molar-refractivity contribution in [2.24, 2.45) is 0 Å². The molecular weight excluding hydrogens is 188 g/mol. The van der Waals surface area contributed by atoms with Crippen LogP contribution in [0.2, 0.25) is 0 Å². The van der Waals surface area contributed by atoms with Gasteiger partial charge in [-0.15, -0.1) is 0 Å². The fourth-order valence-corrected chi connectivity index (χ4v) is 2.26. The zero-order valence-electron chi connectivity index (χ0n) is 9.49. The van der Waals surface area contributed by atoms with E-state index in [-0.39, 0.29) is 0 Å². The first kappa shape index (κ1) is 10.1. The molecule has 3 heteroatoms. The molecule has 0 fully saturated rings. The van der Waals surface area contributed by atoms with Gasteiger partial charge in [-0.2, -0.15) is 0 Å². The van der Waals surface area contributed by atoms with Crippen molar-refractivity contribution in [1.29, 1.82) is 0 Å². The lowest BCUT2D eigenvalue weighted by molar-refractivity contribution is 0.474. The van der Waals surface area contributed by atoms with Gasteiger partial charge in [0.25, 0.3) is 0 Å². The Bertz CT molecular complexity index is 363. The summed E-state index contributed by atoms with van der Waals surface area (Å²) in [5.41, 5.74) is 2.21. The van der Waals surface area contributed by atoms with E-state index in [1.54, 1.807) is 6.07 Å². The zero-order chi connectivity index (χ0) is 11.0. The predicted octanol–water partition coefficient (Wildman–Crippen LogP) is 2.42. The van der Waals surface area contributed by atoms with Gasteiger partial charge in [0.05, 0.1) is 11.4 Å². The average molecular weight is 206 g/mol. The molecule has 1 aromatic rings. The number of nitrogens with one attached hydrogen (secondary N) is 1. The van der Waals surface area contributed by atoms with Crippen LogP contribution in [0, 0.1) is 0 Å². The highest BCUT2D eigenvalue weighted by Gasteiger charge is 2.24. The number of rotatable bonds is 1. The first-order valence-corrected chi connectivity index (χ1v) is 5.45. The first-order valence-electron chi connectivity index (χ1n) is 5.45. The molecule has 1 heterocycles. The van der Waals surface area contributed by atoms with Gasteiger partial charge in [-0.25, -0.2) is 0 Å². The van der Waals surface area contributed by atoms with Crippen LogP contribution in [0.15, 0.2) is 18.2 Å². The fourth-order valence-electron chi connectivity index (χ4n) is 2.26. The van der Waals surface area contributed by atoms with E-state index in [1.165, 1.54) is 0 Å². The van der Waals surface area contributed by atoms with E-state index >= 15 is 0 Å². The number of benzene rings is 1. The van der Waals surface area contributed by atoms with E-state index in [0.717, 1.165) is 17.9 Å². The summed E-state index contributed by atoms with van der Waals surface area (Å²) in [6.45, 7) is 7.50. The Hall–Kier alpha value is -1.38. The number of phenolic OH excluding ortho intramolecular Hbond substituents is 1. The van der Waals surface area contributed by atoms with E-state index in [4.69, 9.17) is 0 Å². The lowest BCUT2D eigenvalue weighted by atomic mass is 10.1. The third-order valence-corrected chi connectivity index (χ3v) is 2.88. The molecule has 0 amide bonds. The third kappa shape index (κ3) is 1.74. The number of hydrogen-bond acceptors (Lipinski definition) is 3. The fraction of sp³-hybridized carbons (Fsp3) is 0.500. The second-order valence-corrected chi connectivity index (χ2v) is 4.43. The van der Waals surface area contributed by atoms with Crippen LogP contribution in [0.4, 0.5) is 11.4 Å². The summed E-state index contributed by atoms with van der Waals surface area (Å²) >= 11 is 0. The zero-order valence-corrected chi connectivity index (χ0v) is 9.49. The molecule has 0 bridgehead atoms. The molecule has 1 aromatic carbocycles. The Balaban J connectivity index is 2.46. The van der Waals surface area contributed by atoms with Crippen LogP contribution in [-0.2, 0) is 0 Å². The summed E-state index contributed by atoms with van der Waals surface area (Å²) in [4.78, 5) is 2.34. The summed E-state index contributed by atoms with van der Waals surface area (Å²) in [6.07, 6.45) is 0. The molecule has 2 N–H and O–H groups in total. The molecule has 0 saturated heterocycles. The molecule has 1 aliphatic heterocycles. The van der Waals surface area contributed by atoms with Gasteiger partial charge in [0.2, 0.25) is 0 Å². The monoisotopic (exact) mass is 206 g/mol. The maximum atomic E-state index is 9.52. The van der Waals surface area contributed by atoms with Gasteiger partial charge in [0, 0.05) is 24.7 Å². The summed E-state index contributed by atoms with van der Waals surface area (Å²) in [7, 11) is 0. The smallest absolute Gasteiger partial charge is 0.117 e. The molecule has 2 rings (SSSR count). The summed E-state index contributed by atoms with van der Waals surface area (Å²) < 4.78 is 0. The molecule has 3 nitrogen and oxygen atoms in total. The van der Waals surface area contributed by atoms with Crippen LogP contribution in [0.1, 0.15) is 20.8 Å². The number of phenols is 1. The highest BCUT2D eigenvalue weighted by Crippen LogP contribution is 2.35. The van der Waals surface area contributed by atoms with E-state index < -0.39 is 0 Å². The summed E-state index contributed by atoms with van der Waals surface area (Å²) in [6, 6.07) is 6.39. The van der Waals surface area contributed by atoms with E-state index in [1.807, 2.05) is 12.1 Å². The number of anilines is 2. The van der Waals surface area contributed by atoms with Gasteiger partial charge in [0.15, 0.2) is 0 Å². The quantitative estimate of drug-likeness (QED) is 0.693. The number of fused-ring (bicyclic) bond motifs is 1. The van der Waals surface area contributed by atoms with E-state index in [2.05, 4.69) is 31.0 Å². The van der Waals surface area contributed by atoms with Crippen molar-refractivity contribution >= 4 is 11.4 Å². The molecular formula is C12H18N2O. The van der Waals surface area contributed by atoms with Gasteiger partial charge in [-0.05, 0) is 32.9 Å². The number of aromatic hydroxyl groups is 1. The molecule has 0 saturated carbocycles. The standard InChI is InChI=1S/C12H18N2O/c1-8(2)14-9(3)7-13-11-5-4-10(15)6-12(11)14/h4-6,8-9,13,15H,7H2,1-3H3. The molecule has 82 valence electrons. The average Bonchev–Trinajstić information content (AvgIpc) is 2.16. The third-order valence-electron chi connectivity index (χ3n) is 2.88. The molecule has 0 aromatic heterocycles. The largest absolute Gasteiger partial charge is 0.508 e. The summed E-state index contributed by atoms with van der Waals surface area (Å²) in [5.74, 6) is 0.329. The van der Waals surface area contributed by atoms with Gasteiger partial charge in [-0.3, -0.25) is 0 Å². The second-order valence-electron chi connectivity index (χ2n) is 4.43. The molecule has 0 spiro atoms. The van der Waals surface area contributed by atoms with Gasteiger partial charge < -0.3 is 15.3 Å². The highest BCUT2D eigenvalue weighted by atomic mass is 16.3. The molecule has 15 heavy (non-hydrogen) atoms. The Labute approximate surface area is 90.7 Å². The van der Waals surface area contributed by atoms with Crippen molar-refractivity contribution < 1.29 is 5.11 Å². The first-order chi connectivity index (χ1) is 7.09. The number of hydrogen-bond donors (Lipinski definition) is 2. The lowest BCUT2D eigenvalue weighted by Gasteiger charge is -2.40. The number of nitrogens with zero attached hydrogens (tertiary/aromatic N) is 1. The van der Waals surface area contributed by atoms with Gasteiger partial charge in [-0.1, -0.05) is 0 Å². The normalized spacial score (nSPS) is 20.0. The van der Waals surface area contributed by atoms with Gasteiger partial charge in [0.1, 0.15) is 5.75 Å². The van der Waals surface area contributed by atoms with Crippen LogP contribution in [-0.4, -0.2) is 23.7 Å². The van der Waals surface area contributed by atoms with Crippen molar-refractivity contribution in [3.63, 3.8) is 0 Å². The predicted molar refractivity (Wildman–Crippen MR) is 63.7 cm³/mol. The Morgan fingerprint density at radius 3 is 2.87 bits per heavy atom. The maximum absolute atomic E-state index is 9.52. The van der Waals surface area contributed by atoms with Crippen LogP contribution < -0.4 is 10.2 Å². The van der Waals surface area contributed by atoms with Crippen molar-refractivity contribution in [3.8, 4) is 5.75 Å². The summed E-state index contributed by atoms with van der Waals surface area (Å²) in [5, 5.41) is 12.9. The van der Waals surface area contributed by atoms with E-state index in [9.17, 15) is 5.11 Å². The minimum absolute atomic E-state index is 0.329. The molecule has 1 atom stereocenters. The Kier molecular flexibility index (Phi) is 2.47. The van der Waals surface area contributed by atoms with E-state index in [0.29, 0.717) is 17.8 Å². The lowest BCUT2D eigenvalue weighted by Crippen LogP contribution is -2.46. The van der Waals surface area contributed by atoms with Crippen LogP contribution in [0.5, 0.6) is 5.75 Å². The Morgan fingerprint density at radius 2 is 2.20 bits per heavy atom.